The van der Waals surface area contributed by atoms with Crippen LogP contribution in [-0.4, -0.2) is 11.2 Å². The third kappa shape index (κ3) is 2.42. The first-order valence-electron chi connectivity index (χ1n) is 4.42. The predicted molar refractivity (Wildman–Crippen MR) is 49.7 cm³/mol. The molecule has 2 unspecified atom stereocenters. The van der Waals surface area contributed by atoms with Crippen molar-refractivity contribution in [1.82, 2.24) is 0 Å². The molecule has 0 aliphatic heterocycles. The highest BCUT2D eigenvalue weighted by Gasteiger charge is 2.16. The molecule has 3 nitrogen and oxygen atoms in total. The molecule has 72 valence electrons. The van der Waals surface area contributed by atoms with Crippen LogP contribution in [0.15, 0.2) is 27.6 Å². The summed E-state index contributed by atoms with van der Waals surface area (Å²) in [4.78, 5) is 11.0. The van der Waals surface area contributed by atoms with Crippen molar-refractivity contribution >= 4 is 0 Å². The second kappa shape index (κ2) is 4.23. The lowest BCUT2D eigenvalue weighted by molar-refractivity contribution is 0.135. The lowest BCUT2D eigenvalue weighted by Gasteiger charge is -2.15. The van der Waals surface area contributed by atoms with E-state index in [9.17, 15) is 9.90 Å². The molecular formula is C10H14O3. The zero-order chi connectivity index (χ0) is 9.84. The first kappa shape index (κ1) is 9.99. The molecule has 0 saturated heterocycles. The first-order valence-corrected chi connectivity index (χ1v) is 4.42. The van der Waals surface area contributed by atoms with Crippen LogP contribution in [0.5, 0.6) is 0 Å². The number of aliphatic hydroxyl groups is 1. The Hall–Kier alpha value is -1.09. The van der Waals surface area contributed by atoms with E-state index in [1.54, 1.807) is 0 Å². The van der Waals surface area contributed by atoms with Crippen molar-refractivity contribution in [1.29, 1.82) is 0 Å². The molecule has 1 aromatic rings. The van der Waals surface area contributed by atoms with E-state index >= 15 is 0 Å². The quantitative estimate of drug-likeness (QED) is 0.770. The summed E-state index contributed by atoms with van der Waals surface area (Å²) in [5, 5.41) is 9.51. The number of hydrogen-bond donors (Lipinski definition) is 1. The van der Waals surface area contributed by atoms with Crippen molar-refractivity contribution in [2.75, 3.05) is 0 Å². The van der Waals surface area contributed by atoms with Gasteiger partial charge in [-0.3, -0.25) is 4.79 Å². The fraction of sp³-hybridized carbons (Fsp3) is 0.500. The van der Waals surface area contributed by atoms with Gasteiger partial charge in [0.05, 0.1) is 12.4 Å². The summed E-state index contributed by atoms with van der Waals surface area (Å²) in [6.45, 7) is 3.73. The summed E-state index contributed by atoms with van der Waals surface area (Å²) in [7, 11) is 0. The lowest BCUT2D eigenvalue weighted by atomic mass is 10.00. The molecule has 3 heteroatoms. The van der Waals surface area contributed by atoms with E-state index < -0.39 is 6.10 Å². The van der Waals surface area contributed by atoms with Crippen molar-refractivity contribution in [3.8, 4) is 0 Å². The summed E-state index contributed by atoms with van der Waals surface area (Å²) in [5.41, 5.74) is -0.0867. The SMILES string of the molecule is CCC(O)C(C)c1cc(=O)cco1. The molecule has 13 heavy (non-hydrogen) atoms. The summed E-state index contributed by atoms with van der Waals surface area (Å²) in [6, 6.07) is 2.78. The first-order chi connectivity index (χ1) is 6.15. The van der Waals surface area contributed by atoms with Gasteiger partial charge in [-0.25, -0.2) is 0 Å². The molecule has 0 aliphatic carbocycles. The zero-order valence-electron chi connectivity index (χ0n) is 7.86. The molecule has 0 fully saturated rings. The predicted octanol–water partition coefficient (Wildman–Crippen LogP) is 1.51. The van der Waals surface area contributed by atoms with Crippen molar-refractivity contribution in [2.45, 2.75) is 32.3 Å². The Morgan fingerprint density at radius 2 is 2.31 bits per heavy atom. The number of aliphatic hydroxyl groups excluding tert-OH is 1. The Balaban J connectivity index is 2.88. The molecule has 1 N–H and O–H groups in total. The number of rotatable bonds is 3. The highest BCUT2D eigenvalue weighted by atomic mass is 16.3. The fourth-order valence-electron chi connectivity index (χ4n) is 1.18. The molecular weight excluding hydrogens is 168 g/mol. The fourth-order valence-corrected chi connectivity index (χ4v) is 1.18. The average molecular weight is 182 g/mol. The van der Waals surface area contributed by atoms with E-state index in [0.29, 0.717) is 12.2 Å². The van der Waals surface area contributed by atoms with Crippen LogP contribution in [-0.2, 0) is 0 Å². The topological polar surface area (TPSA) is 50.4 Å². The van der Waals surface area contributed by atoms with Gasteiger partial charge in [-0.1, -0.05) is 13.8 Å². The molecule has 0 amide bonds. The van der Waals surface area contributed by atoms with E-state index in [1.807, 2.05) is 13.8 Å². The summed E-state index contributed by atoms with van der Waals surface area (Å²) in [6.07, 6.45) is 1.56. The highest BCUT2D eigenvalue weighted by molar-refractivity contribution is 5.06. The maximum absolute atomic E-state index is 11.0. The zero-order valence-corrected chi connectivity index (χ0v) is 7.86. The number of hydrogen-bond acceptors (Lipinski definition) is 3. The highest BCUT2D eigenvalue weighted by Crippen LogP contribution is 2.19. The van der Waals surface area contributed by atoms with E-state index in [0.717, 1.165) is 0 Å². The Bertz CT molecular complexity index is 316. The Morgan fingerprint density at radius 1 is 1.62 bits per heavy atom. The van der Waals surface area contributed by atoms with Crippen LogP contribution >= 0.6 is 0 Å². The van der Waals surface area contributed by atoms with Gasteiger partial charge in [0, 0.05) is 18.1 Å². The maximum Gasteiger partial charge on any atom is 0.185 e. The Kier molecular flexibility index (Phi) is 3.25. The minimum Gasteiger partial charge on any atom is -0.469 e. The largest absolute Gasteiger partial charge is 0.469 e. The molecule has 1 aromatic heterocycles. The smallest absolute Gasteiger partial charge is 0.185 e. The van der Waals surface area contributed by atoms with Crippen LogP contribution in [0.25, 0.3) is 0 Å². The van der Waals surface area contributed by atoms with Gasteiger partial charge in [-0.2, -0.15) is 0 Å². The molecule has 2 atom stereocenters. The normalized spacial score (nSPS) is 15.3. The van der Waals surface area contributed by atoms with Crippen molar-refractivity contribution in [2.24, 2.45) is 0 Å². The monoisotopic (exact) mass is 182 g/mol. The van der Waals surface area contributed by atoms with Crippen LogP contribution in [0.1, 0.15) is 31.9 Å². The van der Waals surface area contributed by atoms with Gasteiger partial charge in [0.15, 0.2) is 5.43 Å². The molecule has 1 rings (SSSR count). The molecule has 0 radical (unpaired) electrons. The minimum absolute atomic E-state index is 0.0867. The third-order valence-electron chi connectivity index (χ3n) is 2.17. The van der Waals surface area contributed by atoms with Crippen LogP contribution in [0.4, 0.5) is 0 Å². The van der Waals surface area contributed by atoms with Gasteiger partial charge in [0.25, 0.3) is 0 Å². The van der Waals surface area contributed by atoms with E-state index in [-0.39, 0.29) is 11.3 Å². The standard InChI is InChI=1S/C10H14O3/c1-3-9(12)7(2)10-6-8(11)4-5-13-10/h4-7,9,12H,3H2,1-2H3. The summed E-state index contributed by atoms with van der Waals surface area (Å²) >= 11 is 0. The van der Waals surface area contributed by atoms with Gasteiger partial charge in [0.2, 0.25) is 0 Å². The molecule has 1 heterocycles. The minimum atomic E-state index is -0.453. The van der Waals surface area contributed by atoms with Gasteiger partial charge in [-0.05, 0) is 6.42 Å². The Labute approximate surface area is 77.0 Å². The van der Waals surface area contributed by atoms with Crippen molar-refractivity contribution < 1.29 is 9.52 Å². The Morgan fingerprint density at radius 3 is 2.85 bits per heavy atom. The van der Waals surface area contributed by atoms with Crippen molar-refractivity contribution in [3.63, 3.8) is 0 Å². The molecule has 0 saturated carbocycles. The van der Waals surface area contributed by atoms with Gasteiger partial charge in [-0.15, -0.1) is 0 Å². The van der Waals surface area contributed by atoms with Crippen LogP contribution < -0.4 is 5.43 Å². The maximum atomic E-state index is 11.0. The van der Waals surface area contributed by atoms with Crippen LogP contribution in [0, 0.1) is 0 Å². The summed E-state index contributed by atoms with van der Waals surface area (Å²) < 4.78 is 5.13. The second-order valence-corrected chi connectivity index (χ2v) is 3.13. The second-order valence-electron chi connectivity index (χ2n) is 3.13. The molecule has 0 aliphatic rings. The molecule has 0 spiro atoms. The molecule has 0 aromatic carbocycles. The van der Waals surface area contributed by atoms with Gasteiger partial charge < -0.3 is 9.52 Å². The third-order valence-corrected chi connectivity index (χ3v) is 2.17. The molecule has 0 bridgehead atoms. The van der Waals surface area contributed by atoms with E-state index in [2.05, 4.69) is 0 Å². The van der Waals surface area contributed by atoms with Crippen molar-refractivity contribution in [3.05, 3.63) is 34.4 Å². The van der Waals surface area contributed by atoms with Crippen LogP contribution in [0.3, 0.4) is 0 Å². The van der Waals surface area contributed by atoms with E-state index in [4.69, 9.17) is 4.42 Å². The summed E-state index contributed by atoms with van der Waals surface area (Å²) in [5.74, 6) is 0.417. The van der Waals surface area contributed by atoms with Gasteiger partial charge >= 0.3 is 0 Å². The van der Waals surface area contributed by atoms with E-state index in [1.165, 1.54) is 18.4 Å². The van der Waals surface area contributed by atoms with Gasteiger partial charge in [0.1, 0.15) is 5.76 Å². The van der Waals surface area contributed by atoms with Crippen LogP contribution in [0.2, 0.25) is 0 Å². The lowest BCUT2D eigenvalue weighted by Crippen LogP contribution is -2.15. The average Bonchev–Trinajstić information content (AvgIpc) is 2.15.